The Morgan fingerprint density at radius 2 is 2.17 bits per heavy atom. The third kappa shape index (κ3) is 4.09. The van der Waals surface area contributed by atoms with Crippen molar-refractivity contribution in [2.45, 2.75) is 52.0 Å². The zero-order valence-corrected chi connectivity index (χ0v) is 11.5. The molecule has 18 heavy (non-hydrogen) atoms. The topological polar surface area (TPSA) is 12.0 Å². The number of nitrogens with one attached hydrogen (secondary N) is 1. The molecule has 1 aliphatic rings. The third-order valence-corrected chi connectivity index (χ3v) is 3.78. The van der Waals surface area contributed by atoms with Crippen LogP contribution < -0.4 is 5.32 Å². The van der Waals surface area contributed by atoms with Gasteiger partial charge >= 0.3 is 0 Å². The predicted molar refractivity (Wildman–Crippen MR) is 74.3 cm³/mol. The number of hydrogen-bond donors (Lipinski definition) is 1. The molecule has 0 aromatic heterocycles. The van der Waals surface area contributed by atoms with Gasteiger partial charge in [-0.2, -0.15) is 0 Å². The average Bonchev–Trinajstić information content (AvgIpc) is 3.13. The molecule has 1 N–H and O–H groups in total. The average molecular weight is 249 g/mol. The standard InChI is InChI=1S/C16H24FN/c1-3-4-13(11-18-16-7-8-16)10-14-5-6-15(17)9-12(14)2/h5-6,9,13,16,18H,3-4,7-8,10-11H2,1-2H3. The lowest BCUT2D eigenvalue weighted by molar-refractivity contribution is 0.436. The molecule has 0 spiro atoms. The highest BCUT2D eigenvalue weighted by Crippen LogP contribution is 2.22. The molecule has 1 saturated carbocycles. The van der Waals surface area contributed by atoms with E-state index in [9.17, 15) is 4.39 Å². The largest absolute Gasteiger partial charge is 0.314 e. The monoisotopic (exact) mass is 249 g/mol. The van der Waals surface area contributed by atoms with Gasteiger partial charge in [0.2, 0.25) is 0 Å². The van der Waals surface area contributed by atoms with Crippen LogP contribution in [0, 0.1) is 18.7 Å². The zero-order valence-electron chi connectivity index (χ0n) is 11.5. The summed E-state index contributed by atoms with van der Waals surface area (Å²) in [5, 5.41) is 3.62. The SMILES string of the molecule is CCCC(CNC1CC1)Cc1ccc(F)cc1C. The first kappa shape index (κ1) is 13.5. The second-order valence-corrected chi connectivity index (χ2v) is 5.61. The zero-order chi connectivity index (χ0) is 13.0. The summed E-state index contributed by atoms with van der Waals surface area (Å²) in [5.74, 6) is 0.555. The van der Waals surface area contributed by atoms with E-state index in [2.05, 4.69) is 12.2 Å². The molecule has 2 heteroatoms. The maximum atomic E-state index is 13.1. The van der Waals surface area contributed by atoms with Crippen molar-refractivity contribution in [3.05, 3.63) is 35.1 Å². The van der Waals surface area contributed by atoms with Crippen LogP contribution in [0.4, 0.5) is 4.39 Å². The molecule has 1 aromatic rings. The van der Waals surface area contributed by atoms with E-state index in [1.165, 1.54) is 31.2 Å². The summed E-state index contributed by atoms with van der Waals surface area (Å²) in [5.41, 5.74) is 2.38. The molecule has 0 heterocycles. The van der Waals surface area contributed by atoms with Gasteiger partial charge in [-0.1, -0.05) is 19.4 Å². The van der Waals surface area contributed by atoms with Gasteiger partial charge in [0, 0.05) is 6.04 Å². The Hall–Kier alpha value is -0.890. The molecular formula is C16H24FN. The smallest absolute Gasteiger partial charge is 0.123 e. The van der Waals surface area contributed by atoms with E-state index in [1.807, 2.05) is 13.0 Å². The van der Waals surface area contributed by atoms with Crippen LogP contribution in [0.15, 0.2) is 18.2 Å². The van der Waals surface area contributed by atoms with E-state index in [4.69, 9.17) is 0 Å². The number of rotatable bonds is 7. The summed E-state index contributed by atoms with van der Waals surface area (Å²) in [4.78, 5) is 0. The van der Waals surface area contributed by atoms with E-state index < -0.39 is 0 Å². The molecule has 1 aliphatic carbocycles. The van der Waals surface area contributed by atoms with Gasteiger partial charge in [0.15, 0.2) is 0 Å². The summed E-state index contributed by atoms with van der Waals surface area (Å²) in [6.45, 7) is 5.35. The molecule has 1 fully saturated rings. The fraction of sp³-hybridized carbons (Fsp3) is 0.625. The lowest BCUT2D eigenvalue weighted by atomic mass is 9.92. The normalized spacial score (nSPS) is 16.8. The van der Waals surface area contributed by atoms with Crippen LogP contribution in [0.5, 0.6) is 0 Å². The van der Waals surface area contributed by atoms with Gasteiger partial charge < -0.3 is 5.32 Å². The maximum absolute atomic E-state index is 13.1. The Balaban J connectivity index is 1.92. The molecule has 1 nitrogen and oxygen atoms in total. The molecule has 100 valence electrons. The second kappa shape index (κ2) is 6.33. The van der Waals surface area contributed by atoms with Crippen molar-refractivity contribution in [2.24, 2.45) is 5.92 Å². The first-order valence-electron chi connectivity index (χ1n) is 7.17. The molecule has 1 aromatic carbocycles. The summed E-state index contributed by atoms with van der Waals surface area (Å²) >= 11 is 0. The maximum Gasteiger partial charge on any atom is 0.123 e. The summed E-state index contributed by atoms with van der Waals surface area (Å²) in [6, 6.07) is 5.95. The molecule has 0 aliphatic heterocycles. The van der Waals surface area contributed by atoms with Crippen LogP contribution in [0.2, 0.25) is 0 Å². The third-order valence-electron chi connectivity index (χ3n) is 3.78. The van der Waals surface area contributed by atoms with Crippen LogP contribution in [0.3, 0.4) is 0 Å². The van der Waals surface area contributed by atoms with Crippen molar-refractivity contribution in [2.75, 3.05) is 6.54 Å². The van der Waals surface area contributed by atoms with Crippen molar-refractivity contribution in [1.29, 1.82) is 0 Å². The number of hydrogen-bond acceptors (Lipinski definition) is 1. The minimum Gasteiger partial charge on any atom is -0.314 e. The predicted octanol–water partition coefficient (Wildman–Crippen LogP) is 3.84. The van der Waals surface area contributed by atoms with Gasteiger partial charge in [-0.3, -0.25) is 0 Å². The Labute approximate surface area is 110 Å². The molecule has 1 atom stereocenters. The van der Waals surface area contributed by atoms with E-state index in [1.54, 1.807) is 12.1 Å². The van der Waals surface area contributed by atoms with E-state index in [0.717, 1.165) is 24.6 Å². The molecule has 1 unspecified atom stereocenters. The minimum absolute atomic E-state index is 0.126. The molecular weight excluding hydrogens is 225 g/mol. The van der Waals surface area contributed by atoms with Gasteiger partial charge in [-0.05, 0) is 68.3 Å². The van der Waals surface area contributed by atoms with Crippen molar-refractivity contribution >= 4 is 0 Å². The van der Waals surface area contributed by atoms with Gasteiger partial charge in [-0.15, -0.1) is 0 Å². The van der Waals surface area contributed by atoms with E-state index in [-0.39, 0.29) is 5.82 Å². The highest BCUT2D eigenvalue weighted by atomic mass is 19.1. The molecule has 0 saturated heterocycles. The lowest BCUT2D eigenvalue weighted by Crippen LogP contribution is -2.26. The Morgan fingerprint density at radius 3 is 2.78 bits per heavy atom. The minimum atomic E-state index is -0.126. The lowest BCUT2D eigenvalue weighted by Gasteiger charge is -2.18. The highest BCUT2D eigenvalue weighted by Gasteiger charge is 2.21. The molecule has 0 amide bonds. The first-order chi connectivity index (χ1) is 8.69. The van der Waals surface area contributed by atoms with Crippen molar-refractivity contribution in [3.63, 3.8) is 0 Å². The number of benzene rings is 1. The van der Waals surface area contributed by atoms with E-state index in [0.29, 0.717) is 5.92 Å². The quantitative estimate of drug-likeness (QED) is 0.774. The van der Waals surface area contributed by atoms with Crippen molar-refractivity contribution < 1.29 is 4.39 Å². The Kier molecular flexibility index (Phi) is 4.76. The van der Waals surface area contributed by atoms with Gasteiger partial charge in [0.25, 0.3) is 0 Å². The van der Waals surface area contributed by atoms with Crippen molar-refractivity contribution in [3.8, 4) is 0 Å². The van der Waals surface area contributed by atoms with Crippen LogP contribution in [-0.2, 0) is 6.42 Å². The Morgan fingerprint density at radius 1 is 1.39 bits per heavy atom. The van der Waals surface area contributed by atoms with Crippen molar-refractivity contribution in [1.82, 2.24) is 5.32 Å². The molecule has 0 radical (unpaired) electrons. The van der Waals surface area contributed by atoms with E-state index >= 15 is 0 Å². The van der Waals surface area contributed by atoms with Crippen LogP contribution in [0.1, 0.15) is 43.7 Å². The van der Waals surface area contributed by atoms with Crippen LogP contribution in [0.25, 0.3) is 0 Å². The van der Waals surface area contributed by atoms with Crippen LogP contribution in [-0.4, -0.2) is 12.6 Å². The van der Waals surface area contributed by atoms with Gasteiger partial charge in [0.1, 0.15) is 5.82 Å². The molecule has 0 bridgehead atoms. The molecule has 2 rings (SSSR count). The van der Waals surface area contributed by atoms with Gasteiger partial charge in [0.05, 0.1) is 0 Å². The fourth-order valence-corrected chi connectivity index (χ4v) is 2.50. The number of halogens is 1. The summed E-state index contributed by atoms with van der Waals surface area (Å²) < 4.78 is 13.1. The highest BCUT2D eigenvalue weighted by molar-refractivity contribution is 5.27. The summed E-state index contributed by atoms with van der Waals surface area (Å²) in [6.07, 6.45) is 6.22. The van der Waals surface area contributed by atoms with Crippen LogP contribution >= 0.6 is 0 Å². The van der Waals surface area contributed by atoms with Gasteiger partial charge in [-0.25, -0.2) is 4.39 Å². The summed E-state index contributed by atoms with van der Waals surface area (Å²) in [7, 11) is 0. The first-order valence-corrected chi connectivity index (χ1v) is 7.17. The number of aryl methyl sites for hydroxylation is 1. The Bertz CT molecular complexity index is 385. The second-order valence-electron chi connectivity index (χ2n) is 5.61. The fourth-order valence-electron chi connectivity index (χ4n) is 2.50.